The highest BCUT2D eigenvalue weighted by molar-refractivity contribution is 7.89. The molecule has 0 unspecified atom stereocenters. The Morgan fingerprint density at radius 1 is 1.27 bits per heavy atom. The Kier molecular flexibility index (Phi) is 4.02. The van der Waals surface area contributed by atoms with E-state index in [4.69, 9.17) is 4.52 Å². The molecule has 22 heavy (non-hydrogen) atoms. The maximum absolute atomic E-state index is 12.5. The molecule has 120 valence electrons. The Hall–Kier alpha value is -1.71. The molecule has 0 aromatic carbocycles. The Morgan fingerprint density at radius 2 is 2.00 bits per heavy atom. The van der Waals surface area contributed by atoms with Crippen LogP contribution in [0, 0.1) is 6.92 Å². The van der Waals surface area contributed by atoms with Crippen molar-refractivity contribution in [2.45, 2.75) is 18.4 Å². The number of nitrogens with zero attached hydrogens (tertiary/aromatic N) is 5. The van der Waals surface area contributed by atoms with Gasteiger partial charge in [-0.05, 0) is 6.92 Å². The van der Waals surface area contributed by atoms with Gasteiger partial charge in [0, 0.05) is 45.5 Å². The summed E-state index contributed by atoms with van der Waals surface area (Å²) in [6, 6.07) is 1.90. The van der Waals surface area contributed by atoms with Crippen LogP contribution >= 0.6 is 0 Å². The Bertz CT molecular complexity index is 743. The molecule has 8 nitrogen and oxygen atoms in total. The molecule has 1 aliphatic rings. The predicted octanol–water partition coefficient (Wildman–Crippen LogP) is 0.223. The normalized spacial score (nSPS) is 17.9. The molecule has 0 atom stereocenters. The molecule has 9 heteroatoms. The maximum Gasteiger partial charge on any atom is 0.246 e. The summed E-state index contributed by atoms with van der Waals surface area (Å²) in [5.41, 5.74) is 0.854. The van der Waals surface area contributed by atoms with Crippen molar-refractivity contribution < 1.29 is 12.9 Å². The first-order valence-corrected chi connectivity index (χ1v) is 8.52. The van der Waals surface area contributed by atoms with Crippen molar-refractivity contribution in [2.75, 3.05) is 26.2 Å². The SMILES string of the molecule is Cc1cc(CN2CCN(S(=O)(=O)c3cnn(C)c3)CC2)on1. The summed E-state index contributed by atoms with van der Waals surface area (Å²) in [4.78, 5) is 2.41. The summed E-state index contributed by atoms with van der Waals surface area (Å²) >= 11 is 0. The van der Waals surface area contributed by atoms with Crippen LogP contribution in [0.3, 0.4) is 0 Å². The van der Waals surface area contributed by atoms with Crippen molar-refractivity contribution in [2.24, 2.45) is 7.05 Å². The monoisotopic (exact) mass is 325 g/mol. The van der Waals surface area contributed by atoms with Gasteiger partial charge in [0.2, 0.25) is 10.0 Å². The van der Waals surface area contributed by atoms with E-state index in [1.54, 1.807) is 7.05 Å². The predicted molar refractivity (Wildman–Crippen MR) is 78.5 cm³/mol. The first-order chi connectivity index (χ1) is 10.4. The van der Waals surface area contributed by atoms with E-state index >= 15 is 0 Å². The molecule has 0 N–H and O–H groups in total. The molecule has 3 rings (SSSR count). The summed E-state index contributed by atoms with van der Waals surface area (Å²) in [6.45, 7) is 4.79. The second-order valence-electron chi connectivity index (χ2n) is 5.46. The van der Waals surface area contributed by atoms with Gasteiger partial charge in [-0.1, -0.05) is 5.16 Å². The third kappa shape index (κ3) is 3.06. The molecule has 0 bridgehead atoms. The molecule has 3 heterocycles. The van der Waals surface area contributed by atoms with E-state index < -0.39 is 10.0 Å². The first kappa shape index (κ1) is 15.2. The van der Waals surface area contributed by atoms with E-state index in [2.05, 4.69) is 15.2 Å². The van der Waals surface area contributed by atoms with Crippen LogP contribution in [0.1, 0.15) is 11.5 Å². The first-order valence-electron chi connectivity index (χ1n) is 7.08. The fourth-order valence-electron chi connectivity index (χ4n) is 2.52. The van der Waals surface area contributed by atoms with Crippen LogP contribution in [0.15, 0.2) is 27.9 Å². The topological polar surface area (TPSA) is 84.5 Å². The number of sulfonamides is 1. The van der Waals surface area contributed by atoms with E-state index in [1.807, 2.05) is 13.0 Å². The summed E-state index contributed by atoms with van der Waals surface area (Å²) in [6.07, 6.45) is 2.91. The lowest BCUT2D eigenvalue weighted by Gasteiger charge is -2.33. The fourth-order valence-corrected chi connectivity index (χ4v) is 3.93. The van der Waals surface area contributed by atoms with Crippen LogP contribution in [0.25, 0.3) is 0 Å². The maximum atomic E-state index is 12.5. The third-order valence-corrected chi connectivity index (χ3v) is 5.56. The van der Waals surface area contributed by atoms with Gasteiger partial charge in [-0.2, -0.15) is 9.40 Å². The highest BCUT2D eigenvalue weighted by Gasteiger charge is 2.29. The number of aryl methyl sites for hydroxylation is 2. The zero-order valence-electron chi connectivity index (χ0n) is 12.6. The van der Waals surface area contributed by atoms with Gasteiger partial charge in [0.05, 0.1) is 18.4 Å². The van der Waals surface area contributed by atoms with E-state index in [0.717, 1.165) is 11.5 Å². The number of rotatable bonds is 4. The largest absolute Gasteiger partial charge is 0.360 e. The molecule has 0 amide bonds. The Morgan fingerprint density at radius 3 is 2.55 bits per heavy atom. The van der Waals surface area contributed by atoms with Crippen LogP contribution in [0.2, 0.25) is 0 Å². The van der Waals surface area contributed by atoms with E-state index in [0.29, 0.717) is 32.7 Å². The van der Waals surface area contributed by atoms with Crippen LogP contribution in [-0.2, 0) is 23.6 Å². The standard InChI is InChI=1S/C13H19N5O3S/c1-11-7-12(21-15-11)9-17-3-5-18(6-4-17)22(19,20)13-8-14-16(2)10-13/h7-8,10H,3-6,9H2,1-2H3. The Labute approximate surface area is 129 Å². The summed E-state index contributed by atoms with van der Waals surface area (Å²) in [7, 11) is -1.74. The quantitative estimate of drug-likeness (QED) is 0.800. The highest BCUT2D eigenvalue weighted by Crippen LogP contribution is 2.17. The summed E-state index contributed by atoms with van der Waals surface area (Å²) < 4.78 is 33.2. The lowest BCUT2D eigenvalue weighted by molar-refractivity contribution is 0.166. The smallest absolute Gasteiger partial charge is 0.246 e. The molecular formula is C13H19N5O3S. The molecule has 1 saturated heterocycles. The molecule has 0 spiro atoms. The molecule has 2 aromatic heterocycles. The average molecular weight is 325 g/mol. The van der Waals surface area contributed by atoms with Gasteiger partial charge in [0.15, 0.2) is 5.76 Å². The zero-order chi connectivity index (χ0) is 15.7. The number of aromatic nitrogens is 3. The number of piperazine rings is 1. The van der Waals surface area contributed by atoms with E-state index in [1.165, 1.54) is 21.4 Å². The molecular weight excluding hydrogens is 306 g/mol. The van der Waals surface area contributed by atoms with Crippen LogP contribution in [0.4, 0.5) is 0 Å². The van der Waals surface area contributed by atoms with Crippen LogP contribution in [-0.4, -0.2) is 58.7 Å². The van der Waals surface area contributed by atoms with Crippen molar-refractivity contribution in [3.8, 4) is 0 Å². The zero-order valence-corrected chi connectivity index (χ0v) is 13.5. The molecule has 1 aliphatic heterocycles. The fraction of sp³-hybridized carbons (Fsp3) is 0.538. The van der Waals surface area contributed by atoms with Gasteiger partial charge < -0.3 is 4.52 Å². The highest BCUT2D eigenvalue weighted by atomic mass is 32.2. The lowest BCUT2D eigenvalue weighted by atomic mass is 10.3. The van der Waals surface area contributed by atoms with Crippen molar-refractivity contribution in [3.05, 3.63) is 29.9 Å². The van der Waals surface area contributed by atoms with Gasteiger partial charge in [-0.15, -0.1) is 0 Å². The third-order valence-electron chi connectivity index (χ3n) is 3.71. The second kappa shape index (κ2) is 5.82. The number of hydrogen-bond acceptors (Lipinski definition) is 6. The van der Waals surface area contributed by atoms with Crippen molar-refractivity contribution in [3.63, 3.8) is 0 Å². The molecule has 0 aliphatic carbocycles. The van der Waals surface area contributed by atoms with Crippen molar-refractivity contribution in [1.82, 2.24) is 24.1 Å². The van der Waals surface area contributed by atoms with Crippen molar-refractivity contribution in [1.29, 1.82) is 0 Å². The number of hydrogen-bond donors (Lipinski definition) is 0. The minimum absolute atomic E-state index is 0.245. The average Bonchev–Trinajstić information content (AvgIpc) is 3.09. The summed E-state index contributed by atoms with van der Waals surface area (Å²) in [5.74, 6) is 0.807. The molecule has 2 aromatic rings. The van der Waals surface area contributed by atoms with E-state index in [-0.39, 0.29) is 4.90 Å². The van der Waals surface area contributed by atoms with Gasteiger partial charge >= 0.3 is 0 Å². The molecule has 0 radical (unpaired) electrons. The molecule has 1 fully saturated rings. The second-order valence-corrected chi connectivity index (χ2v) is 7.40. The van der Waals surface area contributed by atoms with Crippen molar-refractivity contribution >= 4 is 10.0 Å². The van der Waals surface area contributed by atoms with E-state index in [9.17, 15) is 8.42 Å². The van der Waals surface area contributed by atoms with Gasteiger partial charge in [-0.3, -0.25) is 9.58 Å². The minimum atomic E-state index is -3.45. The minimum Gasteiger partial charge on any atom is -0.360 e. The lowest BCUT2D eigenvalue weighted by Crippen LogP contribution is -2.48. The summed E-state index contributed by atoms with van der Waals surface area (Å²) in [5, 5.41) is 7.79. The van der Waals surface area contributed by atoms with Gasteiger partial charge in [0.1, 0.15) is 4.90 Å². The van der Waals surface area contributed by atoms with Gasteiger partial charge in [0.25, 0.3) is 0 Å². The Balaban J connectivity index is 1.61. The van der Waals surface area contributed by atoms with Crippen LogP contribution in [0.5, 0.6) is 0 Å². The molecule has 0 saturated carbocycles. The van der Waals surface area contributed by atoms with Gasteiger partial charge in [-0.25, -0.2) is 8.42 Å². The van der Waals surface area contributed by atoms with Crippen LogP contribution < -0.4 is 0 Å².